The van der Waals surface area contributed by atoms with E-state index in [2.05, 4.69) is 33.9 Å². The van der Waals surface area contributed by atoms with Gasteiger partial charge in [0.05, 0.1) is 6.04 Å². The first-order valence-corrected chi connectivity index (χ1v) is 8.41. The van der Waals surface area contributed by atoms with E-state index in [1.54, 1.807) is 18.5 Å². The van der Waals surface area contributed by atoms with Gasteiger partial charge in [0.15, 0.2) is 0 Å². The van der Waals surface area contributed by atoms with Crippen LogP contribution in [0.15, 0.2) is 79.3 Å². The van der Waals surface area contributed by atoms with Crippen molar-refractivity contribution in [1.82, 2.24) is 14.5 Å². The maximum Gasteiger partial charge on any atom is 0.247 e. The van der Waals surface area contributed by atoms with Crippen molar-refractivity contribution in [3.8, 4) is 0 Å². The molecule has 4 rings (SSSR count). The fraction of sp³-hybridized carbons (Fsp3) is 0.143. The number of hydrogen-bond acceptors (Lipinski definition) is 2. The first-order valence-electron chi connectivity index (χ1n) is 8.41. The SMILES string of the molecule is O=C(/C=C/c1cccnc1)N1CCn2cccc2C1c1ccccc1. The minimum Gasteiger partial charge on any atom is -0.348 e. The molecule has 1 aliphatic heterocycles. The van der Waals surface area contributed by atoms with E-state index in [9.17, 15) is 4.79 Å². The lowest BCUT2D eigenvalue weighted by molar-refractivity contribution is -0.128. The zero-order valence-corrected chi connectivity index (χ0v) is 13.8. The molecule has 0 saturated heterocycles. The molecule has 0 radical (unpaired) electrons. The molecule has 0 aliphatic carbocycles. The molecule has 25 heavy (non-hydrogen) atoms. The van der Waals surface area contributed by atoms with Crippen LogP contribution in [0.1, 0.15) is 22.9 Å². The molecule has 1 unspecified atom stereocenters. The van der Waals surface area contributed by atoms with Crippen molar-refractivity contribution in [1.29, 1.82) is 0 Å². The number of hydrogen-bond donors (Lipinski definition) is 0. The van der Waals surface area contributed by atoms with Crippen LogP contribution in [0, 0.1) is 0 Å². The number of nitrogens with zero attached hydrogens (tertiary/aromatic N) is 3. The standard InChI is InChI=1S/C21H19N3O/c25-20(11-10-17-6-4-12-22-16-17)24-15-14-23-13-5-9-19(23)21(24)18-7-2-1-3-8-18/h1-13,16,21H,14-15H2/b11-10+. The number of benzene rings is 1. The lowest BCUT2D eigenvalue weighted by Crippen LogP contribution is -2.41. The van der Waals surface area contributed by atoms with Crippen molar-refractivity contribution in [2.75, 3.05) is 6.54 Å². The summed E-state index contributed by atoms with van der Waals surface area (Å²) in [7, 11) is 0. The zero-order chi connectivity index (χ0) is 17.1. The van der Waals surface area contributed by atoms with Crippen molar-refractivity contribution in [3.63, 3.8) is 0 Å². The Morgan fingerprint density at radius 2 is 1.92 bits per heavy atom. The highest BCUT2D eigenvalue weighted by atomic mass is 16.2. The molecular weight excluding hydrogens is 310 g/mol. The van der Waals surface area contributed by atoms with Crippen molar-refractivity contribution in [3.05, 3.63) is 96.1 Å². The predicted molar refractivity (Wildman–Crippen MR) is 97.7 cm³/mol. The Labute approximate surface area is 147 Å². The Balaban J connectivity index is 1.66. The van der Waals surface area contributed by atoms with Crippen LogP contribution in [0.3, 0.4) is 0 Å². The van der Waals surface area contributed by atoms with Gasteiger partial charge in [-0.25, -0.2) is 0 Å². The average molecular weight is 329 g/mol. The van der Waals surface area contributed by atoms with Crippen molar-refractivity contribution in [2.24, 2.45) is 0 Å². The highest BCUT2D eigenvalue weighted by Gasteiger charge is 2.30. The summed E-state index contributed by atoms with van der Waals surface area (Å²) in [6, 6.07) is 18.1. The molecule has 1 atom stereocenters. The number of carbonyl (C=O) groups excluding carboxylic acids is 1. The molecular formula is C21H19N3O. The smallest absolute Gasteiger partial charge is 0.247 e. The fourth-order valence-corrected chi connectivity index (χ4v) is 3.34. The van der Waals surface area contributed by atoms with Gasteiger partial charge in [0.25, 0.3) is 0 Å². The van der Waals surface area contributed by atoms with E-state index in [4.69, 9.17) is 0 Å². The lowest BCUT2D eigenvalue weighted by Gasteiger charge is -2.36. The van der Waals surface area contributed by atoms with Gasteiger partial charge in [-0.3, -0.25) is 9.78 Å². The first kappa shape index (κ1) is 15.4. The second-order valence-electron chi connectivity index (χ2n) is 6.09. The Morgan fingerprint density at radius 3 is 2.72 bits per heavy atom. The van der Waals surface area contributed by atoms with Gasteiger partial charge in [0.1, 0.15) is 0 Å². The summed E-state index contributed by atoms with van der Waals surface area (Å²) in [5.74, 6) is 0.0187. The summed E-state index contributed by atoms with van der Waals surface area (Å²) in [6.45, 7) is 1.51. The van der Waals surface area contributed by atoms with Crippen LogP contribution in [-0.2, 0) is 11.3 Å². The lowest BCUT2D eigenvalue weighted by atomic mass is 10.00. The summed E-state index contributed by atoms with van der Waals surface area (Å²) in [5.41, 5.74) is 3.21. The maximum atomic E-state index is 12.9. The molecule has 4 nitrogen and oxygen atoms in total. The molecule has 2 aromatic heterocycles. The summed E-state index contributed by atoms with van der Waals surface area (Å²) in [5, 5.41) is 0. The van der Waals surface area contributed by atoms with Crippen molar-refractivity contribution >= 4 is 12.0 Å². The Bertz CT molecular complexity index is 884. The highest BCUT2D eigenvalue weighted by Crippen LogP contribution is 2.32. The third kappa shape index (κ3) is 3.11. The van der Waals surface area contributed by atoms with Gasteiger partial charge in [-0.2, -0.15) is 0 Å². The third-order valence-corrected chi connectivity index (χ3v) is 4.54. The average Bonchev–Trinajstić information content (AvgIpc) is 3.15. The summed E-state index contributed by atoms with van der Waals surface area (Å²) < 4.78 is 2.23. The quantitative estimate of drug-likeness (QED) is 0.690. The molecule has 0 fully saturated rings. The van der Waals surface area contributed by atoms with E-state index in [0.717, 1.165) is 23.4 Å². The van der Waals surface area contributed by atoms with Crippen LogP contribution >= 0.6 is 0 Å². The monoisotopic (exact) mass is 329 g/mol. The highest BCUT2D eigenvalue weighted by molar-refractivity contribution is 5.92. The number of amides is 1. The molecule has 0 spiro atoms. The topological polar surface area (TPSA) is 38.1 Å². The molecule has 3 heterocycles. The van der Waals surface area contributed by atoms with Crippen LogP contribution < -0.4 is 0 Å². The van der Waals surface area contributed by atoms with Gasteiger partial charge in [-0.05, 0) is 35.4 Å². The second kappa shape index (κ2) is 6.77. The molecule has 0 saturated carbocycles. The molecule has 4 heteroatoms. The van der Waals surface area contributed by atoms with E-state index >= 15 is 0 Å². The van der Waals surface area contributed by atoms with E-state index in [-0.39, 0.29) is 11.9 Å². The van der Waals surface area contributed by atoms with Crippen LogP contribution in [0.25, 0.3) is 6.08 Å². The van der Waals surface area contributed by atoms with Crippen molar-refractivity contribution < 1.29 is 4.79 Å². The summed E-state index contributed by atoms with van der Waals surface area (Å²) in [6.07, 6.45) is 9.03. The maximum absolute atomic E-state index is 12.9. The van der Waals surface area contributed by atoms with Crippen molar-refractivity contribution in [2.45, 2.75) is 12.6 Å². The predicted octanol–water partition coefficient (Wildman–Crippen LogP) is 3.53. The second-order valence-corrected chi connectivity index (χ2v) is 6.09. The Morgan fingerprint density at radius 1 is 1.04 bits per heavy atom. The third-order valence-electron chi connectivity index (χ3n) is 4.54. The molecule has 0 N–H and O–H groups in total. The van der Waals surface area contributed by atoms with Gasteiger partial charge in [0.2, 0.25) is 5.91 Å². The van der Waals surface area contributed by atoms with Crippen LogP contribution in [-0.4, -0.2) is 26.9 Å². The molecule has 1 amide bonds. The molecule has 0 bridgehead atoms. The molecule has 1 aliphatic rings. The van der Waals surface area contributed by atoms with E-state index in [0.29, 0.717) is 6.54 Å². The normalized spacial score (nSPS) is 16.8. The minimum atomic E-state index is -0.0593. The van der Waals surface area contributed by atoms with Crippen LogP contribution in [0.4, 0.5) is 0 Å². The Kier molecular flexibility index (Phi) is 4.17. The fourth-order valence-electron chi connectivity index (χ4n) is 3.34. The number of carbonyl (C=O) groups is 1. The molecule has 1 aromatic carbocycles. The van der Waals surface area contributed by atoms with E-state index in [1.165, 1.54) is 0 Å². The molecule has 124 valence electrons. The number of aromatic nitrogens is 2. The van der Waals surface area contributed by atoms with Gasteiger partial charge in [-0.15, -0.1) is 0 Å². The number of pyridine rings is 1. The van der Waals surface area contributed by atoms with Gasteiger partial charge in [0, 0.05) is 43.4 Å². The first-order chi connectivity index (χ1) is 12.3. The number of fused-ring (bicyclic) bond motifs is 1. The summed E-state index contributed by atoms with van der Waals surface area (Å²) >= 11 is 0. The largest absolute Gasteiger partial charge is 0.348 e. The Hall–Kier alpha value is -3.14. The van der Waals surface area contributed by atoms with Gasteiger partial charge >= 0.3 is 0 Å². The van der Waals surface area contributed by atoms with Crippen LogP contribution in [0.2, 0.25) is 0 Å². The van der Waals surface area contributed by atoms with Gasteiger partial charge < -0.3 is 9.47 Å². The number of rotatable bonds is 3. The summed E-state index contributed by atoms with van der Waals surface area (Å²) in [4.78, 5) is 18.9. The van der Waals surface area contributed by atoms with Crippen LogP contribution in [0.5, 0.6) is 0 Å². The van der Waals surface area contributed by atoms with E-state index < -0.39 is 0 Å². The zero-order valence-electron chi connectivity index (χ0n) is 13.8. The van der Waals surface area contributed by atoms with E-state index in [1.807, 2.05) is 47.4 Å². The molecule has 3 aromatic rings. The van der Waals surface area contributed by atoms with Gasteiger partial charge in [-0.1, -0.05) is 36.4 Å². The minimum absolute atomic E-state index is 0.0187.